The van der Waals surface area contributed by atoms with Crippen molar-refractivity contribution >= 4 is 11.9 Å². The van der Waals surface area contributed by atoms with Crippen LogP contribution in [0, 0.1) is 33.0 Å². The van der Waals surface area contributed by atoms with Crippen molar-refractivity contribution in [1.29, 1.82) is 5.26 Å². The van der Waals surface area contributed by atoms with Crippen LogP contribution in [0.5, 0.6) is 0 Å². The molecule has 0 radical (unpaired) electrons. The largest absolute Gasteiger partial charge is 0.481 e. The van der Waals surface area contributed by atoms with Gasteiger partial charge in [0.15, 0.2) is 0 Å². The molecule has 0 saturated heterocycles. The van der Waals surface area contributed by atoms with Gasteiger partial charge in [-0.05, 0) is 31.1 Å². The Labute approximate surface area is 163 Å². The maximum atomic E-state index is 13.2. The molecular formula is C20H36N2O5. The Balaban J connectivity index is 5.78. The van der Waals surface area contributed by atoms with Gasteiger partial charge in [-0.25, -0.2) is 0 Å². The summed E-state index contributed by atoms with van der Waals surface area (Å²) in [7, 11) is 0. The summed E-state index contributed by atoms with van der Waals surface area (Å²) in [5.74, 6) is -1.17. The van der Waals surface area contributed by atoms with E-state index in [2.05, 4.69) is 11.4 Å². The van der Waals surface area contributed by atoms with Gasteiger partial charge in [0.1, 0.15) is 0 Å². The molecule has 0 heterocycles. The standard InChI is InChI=1S/C20H36N2O5/c1-17(2,3)20(7,16(26)22-10-12-27-13-11-23)18(4,5)19(6,14-21)9-8-15(24)25/h23H,8-13H2,1-7H3,(H,22,26)(H,24,25). The van der Waals surface area contributed by atoms with Gasteiger partial charge in [0.25, 0.3) is 0 Å². The zero-order chi connectivity index (χ0) is 21.5. The molecule has 27 heavy (non-hydrogen) atoms. The minimum atomic E-state index is -1.02. The number of hydrogen-bond donors (Lipinski definition) is 3. The summed E-state index contributed by atoms with van der Waals surface area (Å²) in [5.41, 5.74) is -3.29. The first-order chi connectivity index (χ1) is 12.2. The van der Waals surface area contributed by atoms with Crippen LogP contribution in [-0.2, 0) is 14.3 Å². The first-order valence-electron chi connectivity index (χ1n) is 9.31. The predicted octanol–water partition coefficient (Wildman–Crippen LogP) is 2.58. The number of nitrogens with one attached hydrogen (secondary N) is 1. The summed E-state index contributed by atoms with van der Waals surface area (Å²) >= 11 is 0. The lowest BCUT2D eigenvalue weighted by atomic mass is 9.45. The molecule has 3 N–H and O–H groups in total. The number of carbonyl (C=O) groups is 2. The van der Waals surface area contributed by atoms with Gasteiger partial charge in [0, 0.05) is 13.0 Å². The molecule has 2 unspecified atom stereocenters. The van der Waals surface area contributed by atoms with Crippen molar-refractivity contribution in [3.05, 3.63) is 0 Å². The second kappa shape index (κ2) is 9.52. The zero-order valence-electron chi connectivity index (χ0n) is 17.8. The van der Waals surface area contributed by atoms with Crippen molar-refractivity contribution in [3.63, 3.8) is 0 Å². The van der Waals surface area contributed by atoms with Crippen LogP contribution in [0.25, 0.3) is 0 Å². The lowest BCUT2D eigenvalue weighted by molar-refractivity contribution is -0.157. The lowest BCUT2D eigenvalue weighted by Crippen LogP contribution is -2.60. The minimum absolute atomic E-state index is 0.0786. The van der Waals surface area contributed by atoms with Gasteiger partial charge in [-0.15, -0.1) is 0 Å². The predicted molar refractivity (Wildman–Crippen MR) is 103 cm³/mol. The summed E-state index contributed by atoms with van der Waals surface area (Å²) in [6, 6.07) is 2.29. The van der Waals surface area contributed by atoms with Gasteiger partial charge in [0.2, 0.25) is 5.91 Å². The van der Waals surface area contributed by atoms with Crippen LogP contribution in [0.2, 0.25) is 0 Å². The Morgan fingerprint density at radius 1 is 1.07 bits per heavy atom. The number of hydrogen-bond acceptors (Lipinski definition) is 5. The highest BCUT2D eigenvalue weighted by molar-refractivity contribution is 5.84. The minimum Gasteiger partial charge on any atom is -0.481 e. The van der Waals surface area contributed by atoms with Gasteiger partial charge in [0.05, 0.1) is 36.7 Å². The van der Waals surface area contributed by atoms with E-state index in [1.54, 1.807) is 6.92 Å². The normalized spacial score (nSPS) is 16.7. The third-order valence-electron chi connectivity index (χ3n) is 6.44. The average molecular weight is 385 g/mol. The van der Waals surface area contributed by atoms with Gasteiger partial charge in [-0.1, -0.05) is 34.6 Å². The summed E-state index contributed by atoms with van der Waals surface area (Å²) in [4.78, 5) is 24.3. The molecule has 0 rings (SSSR count). The maximum Gasteiger partial charge on any atom is 0.303 e. The number of ether oxygens (including phenoxy) is 1. The van der Waals surface area contributed by atoms with E-state index in [0.29, 0.717) is 6.54 Å². The van der Waals surface area contributed by atoms with Gasteiger partial charge in [-0.3, -0.25) is 9.59 Å². The SMILES string of the molecule is CC(C)(C)C(C)(C(=O)NCCOCCO)C(C)(C)C(C)(C#N)CCC(=O)O. The molecule has 0 bridgehead atoms. The van der Waals surface area contributed by atoms with Crippen molar-refractivity contribution in [3.8, 4) is 6.07 Å². The monoisotopic (exact) mass is 384 g/mol. The molecule has 0 aliphatic rings. The molecule has 1 amide bonds. The van der Waals surface area contributed by atoms with Gasteiger partial charge >= 0.3 is 5.97 Å². The number of aliphatic hydroxyl groups excluding tert-OH is 1. The molecule has 0 fully saturated rings. The molecule has 0 aliphatic carbocycles. The summed E-state index contributed by atoms with van der Waals surface area (Å²) in [5, 5.41) is 30.6. The Kier molecular flexibility index (Phi) is 8.94. The number of nitrogens with zero attached hydrogens (tertiary/aromatic N) is 1. The van der Waals surface area contributed by atoms with Crippen LogP contribution in [0.4, 0.5) is 0 Å². The van der Waals surface area contributed by atoms with Crippen molar-refractivity contribution in [1.82, 2.24) is 5.32 Å². The number of aliphatic hydroxyl groups is 1. The fourth-order valence-corrected chi connectivity index (χ4v) is 3.56. The highest BCUT2D eigenvalue weighted by Crippen LogP contribution is 2.60. The number of carboxylic acids is 1. The van der Waals surface area contributed by atoms with Crippen molar-refractivity contribution < 1.29 is 24.5 Å². The van der Waals surface area contributed by atoms with E-state index in [1.807, 2.05) is 41.5 Å². The summed E-state index contributed by atoms with van der Waals surface area (Å²) in [6.07, 6.45) is 0.0225. The van der Waals surface area contributed by atoms with Crippen molar-refractivity contribution in [2.75, 3.05) is 26.4 Å². The summed E-state index contributed by atoms with van der Waals surface area (Å²) in [6.45, 7) is 13.9. The fraction of sp³-hybridized carbons (Fsp3) is 0.850. The van der Waals surface area contributed by atoms with Crippen LogP contribution in [0.3, 0.4) is 0 Å². The van der Waals surface area contributed by atoms with Crippen molar-refractivity contribution in [2.45, 2.75) is 61.3 Å². The Morgan fingerprint density at radius 2 is 1.63 bits per heavy atom. The number of aliphatic carboxylic acids is 1. The van der Waals surface area contributed by atoms with Crippen LogP contribution in [0.15, 0.2) is 0 Å². The molecular weight excluding hydrogens is 348 g/mol. The Bertz CT molecular complexity index is 562. The topological polar surface area (TPSA) is 120 Å². The fourth-order valence-electron chi connectivity index (χ4n) is 3.56. The van der Waals surface area contributed by atoms with E-state index in [4.69, 9.17) is 14.9 Å². The number of rotatable bonds is 11. The quantitative estimate of drug-likeness (QED) is 0.471. The molecule has 7 heteroatoms. The molecule has 7 nitrogen and oxygen atoms in total. The van der Waals surface area contributed by atoms with Gasteiger partial charge in [-0.2, -0.15) is 5.26 Å². The third-order valence-corrected chi connectivity index (χ3v) is 6.44. The molecule has 156 valence electrons. The van der Waals surface area contributed by atoms with E-state index in [1.165, 1.54) is 0 Å². The Morgan fingerprint density at radius 3 is 2.04 bits per heavy atom. The molecule has 0 aliphatic heterocycles. The highest BCUT2D eigenvalue weighted by Gasteiger charge is 2.61. The second-order valence-corrected chi connectivity index (χ2v) is 8.93. The van der Waals surface area contributed by atoms with Crippen LogP contribution < -0.4 is 5.32 Å². The maximum absolute atomic E-state index is 13.2. The third kappa shape index (κ3) is 5.43. The van der Waals surface area contributed by atoms with Crippen molar-refractivity contribution in [2.24, 2.45) is 21.7 Å². The molecule has 0 aromatic rings. The average Bonchev–Trinajstić information content (AvgIpc) is 2.56. The molecule has 0 aromatic heterocycles. The number of amides is 1. The van der Waals surface area contributed by atoms with Crippen LogP contribution in [0.1, 0.15) is 61.3 Å². The number of carboxylic acid groups (broad SMARTS) is 1. The van der Waals surface area contributed by atoms with E-state index in [9.17, 15) is 14.9 Å². The first kappa shape index (κ1) is 25.4. The molecule has 0 saturated carbocycles. The number of nitriles is 1. The van der Waals surface area contributed by atoms with E-state index in [-0.39, 0.29) is 38.6 Å². The van der Waals surface area contributed by atoms with E-state index in [0.717, 1.165) is 0 Å². The smallest absolute Gasteiger partial charge is 0.303 e. The summed E-state index contributed by atoms with van der Waals surface area (Å²) < 4.78 is 5.19. The Hall–Kier alpha value is -1.65. The lowest BCUT2D eigenvalue weighted by Gasteiger charge is -2.56. The molecule has 2 atom stereocenters. The molecule has 0 aromatic carbocycles. The first-order valence-corrected chi connectivity index (χ1v) is 9.31. The van der Waals surface area contributed by atoms with Crippen LogP contribution >= 0.6 is 0 Å². The zero-order valence-corrected chi connectivity index (χ0v) is 17.8. The highest BCUT2D eigenvalue weighted by atomic mass is 16.5. The van der Waals surface area contributed by atoms with E-state index < -0.39 is 27.6 Å². The number of carbonyl (C=O) groups excluding carboxylic acids is 1. The van der Waals surface area contributed by atoms with Crippen LogP contribution in [-0.4, -0.2) is 48.5 Å². The second-order valence-electron chi connectivity index (χ2n) is 8.93. The van der Waals surface area contributed by atoms with Gasteiger partial charge < -0.3 is 20.3 Å². The van der Waals surface area contributed by atoms with E-state index >= 15 is 0 Å². The molecule has 0 spiro atoms.